The molecule has 0 atom stereocenters. The van der Waals surface area contributed by atoms with E-state index in [1.54, 1.807) is 24.9 Å². The van der Waals surface area contributed by atoms with Crippen molar-refractivity contribution in [2.24, 2.45) is 0 Å². The Morgan fingerprint density at radius 3 is 3.00 bits per heavy atom. The second kappa shape index (κ2) is 4.41. The number of nitrogens with zero attached hydrogens (tertiary/aromatic N) is 4. The van der Waals surface area contributed by atoms with Gasteiger partial charge in [-0.1, -0.05) is 0 Å². The third-order valence-electron chi connectivity index (χ3n) is 4.10. The first-order valence-corrected chi connectivity index (χ1v) is 6.92. The van der Waals surface area contributed by atoms with Crippen LogP contribution in [0.25, 0.3) is 5.52 Å². The SMILES string of the molecule is Cc1c(C(=O)N2CCc3ccncc32)ccc2cncn12. The molecular formula is C16H14N4O. The van der Waals surface area contributed by atoms with E-state index in [0.29, 0.717) is 12.1 Å². The normalized spacial score (nSPS) is 13.7. The van der Waals surface area contributed by atoms with Gasteiger partial charge < -0.3 is 9.30 Å². The molecule has 4 rings (SSSR count). The lowest BCUT2D eigenvalue weighted by Gasteiger charge is -2.18. The van der Waals surface area contributed by atoms with Crippen LogP contribution in [0.2, 0.25) is 0 Å². The summed E-state index contributed by atoms with van der Waals surface area (Å²) in [5, 5.41) is 0. The summed E-state index contributed by atoms with van der Waals surface area (Å²) >= 11 is 0. The Labute approximate surface area is 121 Å². The highest BCUT2D eigenvalue weighted by Gasteiger charge is 2.26. The van der Waals surface area contributed by atoms with Crippen LogP contribution in [0.3, 0.4) is 0 Å². The van der Waals surface area contributed by atoms with Gasteiger partial charge in [-0.25, -0.2) is 4.98 Å². The minimum Gasteiger partial charge on any atom is -0.306 e. The van der Waals surface area contributed by atoms with Crippen molar-refractivity contribution in [3.05, 3.63) is 59.9 Å². The Morgan fingerprint density at radius 1 is 1.19 bits per heavy atom. The molecule has 0 spiro atoms. The number of aryl methyl sites for hydroxylation is 1. The molecule has 3 aromatic heterocycles. The van der Waals surface area contributed by atoms with Gasteiger partial charge in [-0.2, -0.15) is 0 Å². The average Bonchev–Trinajstić information content (AvgIpc) is 3.14. The van der Waals surface area contributed by atoms with E-state index in [0.717, 1.165) is 23.3 Å². The van der Waals surface area contributed by atoms with Crippen molar-refractivity contribution in [3.8, 4) is 0 Å². The molecule has 5 heteroatoms. The lowest BCUT2D eigenvalue weighted by Crippen LogP contribution is -2.30. The van der Waals surface area contributed by atoms with Crippen LogP contribution in [0.1, 0.15) is 21.6 Å². The smallest absolute Gasteiger partial charge is 0.260 e. The quantitative estimate of drug-likeness (QED) is 0.686. The van der Waals surface area contributed by atoms with Crippen LogP contribution in [0.4, 0.5) is 5.69 Å². The average molecular weight is 278 g/mol. The Balaban J connectivity index is 1.79. The zero-order chi connectivity index (χ0) is 14.4. The van der Waals surface area contributed by atoms with Crippen molar-refractivity contribution in [2.75, 3.05) is 11.4 Å². The second-order valence-corrected chi connectivity index (χ2v) is 5.23. The van der Waals surface area contributed by atoms with Crippen LogP contribution in [0.15, 0.2) is 43.1 Å². The van der Waals surface area contributed by atoms with Gasteiger partial charge in [0.1, 0.15) is 0 Å². The molecule has 5 nitrogen and oxygen atoms in total. The van der Waals surface area contributed by atoms with E-state index < -0.39 is 0 Å². The number of hydrogen-bond donors (Lipinski definition) is 0. The summed E-state index contributed by atoms with van der Waals surface area (Å²) in [7, 11) is 0. The molecule has 0 saturated carbocycles. The molecule has 1 amide bonds. The number of hydrogen-bond acceptors (Lipinski definition) is 3. The van der Waals surface area contributed by atoms with E-state index >= 15 is 0 Å². The highest BCUT2D eigenvalue weighted by atomic mass is 16.2. The lowest BCUT2D eigenvalue weighted by atomic mass is 10.1. The van der Waals surface area contributed by atoms with E-state index in [9.17, 15) is 4.79 Å². The van der Waals surface area contributed by atoms with Crippen molar-refractivity contribution >= 4 is 17.1 Å². The minimum atomic E-state index is 0.0230. The molecular weight excluding hydrogens is 264 g/mol. The maximum atomic E-state index is 12.9. The van der Waals surface area contributed by atoms with Crippen LogP contribution in [0.5, 0.6) is 0 Å². The van der Waals surface area contributed by atoms with Crippen molar-refractivity contribution < 1.29 is 4.79 Å². The Kier molecular flexibility index (Phi) is 2.54. The lowest BCUT2D eigenvalue weighted by molar-refractivity contribution is 0.0988. The number of pyridine rings is 2. The number of carbonyl (C=O) groups is 1. The number of rotatable bonds is 1. The topological polar surface area (TPSA) is 50.5 Å². The summed E-state index contributed by atoms with van der Waals surface area (Å²) in [4.78, 5) is 22.9. The fourth-order valence-electron chi connectivity index (χ4n) is 2.93. The molecule has 0 aliphatic carbocycles. The molecule has 0 fully saturated rings. The van der Waals surface area contributed by atoms with E-state index in [1.807, 2.05) is 34.4 Å². The van der Waals surface area contributed by atoms with Crippen LogP contribution >= 0.6 is 0 Å². The molecule has 3 aromatic rings. The third-order valence-corrected chi connectivity index (χ3v) is 4.10. The fraction of sp³-hybridized carbons (Fsp3) is 0.188. The zero-order valence-corrected chi connectivity index (χ0v) is 11.7. The molecule has 1 aliphatic rings. The van der Waals surface area contributed by atoms with Gasteiger partial charge in [0.25, 0.3) is 5.91 Å². The van der Waals surface area contributed by atoms with Gasteiger partial charge in [-0.15, -0.1) is 0 Å². The van der Waals surface area contributed by atoms with Gasteiger partial charge in [0.15, 0.2) is 0 Å². The van der Waals surface area contributed by atoms with Crippen molar-refractivity contribution in [3.63, 3.8) is 0 Å². The second-order valence-electron chi connectivity index (χ2n) is 5.23. The first-order valence-electron chi connectivity index (χ1n) is 6.92. The van der Waals surface area contributed by atoms with Gasteiger partial charge in [-0.05, 0) is 37.1 Å². The Hall–Kier alpha value is -2.69. The maximum Gasteiger partial charge on any atom is 0.260 e. The monoisotopic (exact) mass is 278 g/mol. The van der Waals surface area contributed by atoms with Crippen molar-refractivity contribution in [1.82, 2.24) is 14.4 Å². The van der Waals surface area contributed by atoms with Crippen LogP contribution < -0.4 is 4.90 Å². The van der Waals surface area contributed by atoms with Crippen LogP contribution in [-0.2, 0) is 6.42 Å². The van der Waals surface area contributed by atoms with Crippen molar-refractivity contribution in [1.29, 1.82) is 0 Å². The van der Waals surface area contributed by atoms with Gasteiger partial charge in [0.05, 0.1) is 35.5 Å². The Morgan fingerprint density at radius 2 is 2.10 bits per heavy atom. The summed E-state index contributed by atoms with van der Waals surface area (Å²) in [6.45, 7) is 2.66. The fourth-order valence-corrected chi connectivity index (χ4v) is 2.93. The predicted molar refractivity (Wildman–Crippen MR) is 79.5 cm³/mol. The zero-order valence-electron chi connectivity index (χ0n) is 11.7. The van der Waals surface area contributed by atoms with Gasteiger partial charge in [0, 0.05) is 18.4 Å². The Bertz CT molecular complexity index is 852. The number of imidazole rings is 1. The largest absolute Gasteiger partial charge is 0.306 e. The number of carbonyl (C=O) groups excluding carboxylic acids is 1. The van der Waals surface area contributed by atoms with E-state index in [1.165, 1.54) is 5.56 Å². The predicted octanol–water partition coefficient (Wildman–Crippen LogP) is 2.24. The number of aromatic nitrogens is 3. The van der Waals surface area contributed by atoms with Gasteiger partial charge in [-0.3, -0.25) is 9.78 Å². The third kappa shape index (κ3) is 1.74. The standard InChI is InChI=1S/C16H14N4O/c1-11-14(3-2-13-8-18-10-20(11)13)16(21)19-7-5-12-4-6-17-9-15(12)19/h2-4,6,8-10H,5,7H2,1H3. The van der Waals surface area contributed by atoms with Crippen LogP contribution in [0, 0.1) is 6.92 Å². The molecule has 0 N–H and O–H groups in total. The number of fused-ring (bicyclic) bond motifs is 2. The summed E-state index contributed by atoms with van der Waals surface area (Å²) in [5.74, 6) is 0.0230. The highest BCUT2D eigenvalue weighted by Crippen LogP contribution is 2.28. The highest BCUT2D eigenvalue weighted by molar-refractivity contribution is 6.08. The molecule has 0 unspecified atom stereocenters. The minimum absolute atomic E-state index is 0.0230. The summed E-state index contributed by atoms with van der Waals surface area (Å²) < 4.78 is 1.94. The van der Waals surface area contributed by atoms with Gasteiger partial charge >= 0.3 is 0 Å². The van der Waals surface area contributed by atoms with E-state index in [4.69, 9.17) is 0 Å². The van der Waals surface area contributed by atoms with E-state index in [2.05, 4.69) is 9.97 Å². The molecule has 21 heavy (non-hydrogen) atoms. The summed E-state index contributed by atoms with van der Waals surface area (Å²) in [5.41, 5.74) is 4.71. The first-order chi connectivity index (χ1) is 10.3. The number of anilines is 1. The van der Waals surface area contributed by atoms with E-state index in [-0.39, 0.29) is 5.91 Å². The van der Waals surface area contributed by atoms with Gasteiger partial charge in [0.2, 0.25) is 0 Å². The molecule has 104 valence electrons. The molecule has 0 saturated heterocycles. The summed E-state index contributed by atoms with van der Waals surface area (Å²) in [6.07, 6.45) is 7.95. The molecule has 0 radical (unpaired) electrons. The summed E-state index contributed by atoms with van der Waals surface area (Å²) in [6, 6.07) is 5.78. The molecule has 0 aromatic carbocycles. The first kappa shape index (κ1) is 12.1. The maximum absolute atomic E-state index is 12.9. The molecule has 0 bridgehead atoms. The van der Waals surface area contributed by atoms with Crippen LogP contribution in [-0.4, -0.2) is 26.8 Å². The molecule has 4 heterocycles. The van der Waals surface area contributed by atoms with Crippen molar-refractivity contribution in [2.45, 2.75) is 13.3 Å². The number of amides is 1. The molecule has 1 aliphatic heterocycles.